The maximum Gasteiger partial charge on any atom is 0.146 e. The molecule has 8 aromatic rings. The Bertz CT molecular complexity index is 2560. The molecule has 0 saturated carbocycles. The van der Waals surface area contributed by atoms with Crippen LogP contribution in [0.4, 0.5) is 0 Å². The molecule has 46 heavy (non-hydrogen) atoms. The number of benzene rings is 6. The maximum atomic E-state index is 5.03. The molecular weight excluding hydrogens is 556 g/mol. The Morgan fingerprint density at radius 2 is 1.26 bits per heavy atom. The highest BCUT2D eigenvalue weighted by Gasteiger charge is 2.17. The lowest BCUT2D eigenvalue weighted by atomic mass is 9.94. The van der Waals surface area contributed by atoms with E-state index in [1.165, 1.54) is 65.7 Å². The molecule has 0 aliphatic rings. The van der Waals surface area contributed by atoms with Crippen LogP contribution in [0, 0.1) is 6.92 Å². The van der Waals surface area contributed by atoms with E-state index in [1.807, 2.05) is 12.2 Å². The minimum absolute atomic E-state index is 0.842. The number of hydrogen-bond acceptors (Lipinski definition) is 1. The second-order valence-corrected chi connectivity index (χ2v) is 12.1. The lowest BCUT2D eigenvalue weighted by molar-refractivity contribution is 1.23. The minimum Gasteiger partial charge on any atom is -0.292 e. The van der Waals surface area contributed by atoms with Gasteiger partial charge in [0.05, 0.1) is 16.9 Å². The molecule has 0 saturated heterocycles. The highest BCUT2D eigenvalue weighted by atomic mass is 15.0. The molecule has 0 N–H and O–H groups in total. The van der Waals surface area contributed by atoms with Gasteiger partial charge in [0.15, 0.2) is 0 Å². The first-order valence-electron chi connectivity index (χ1n) is 15.9. The van der Waals surface area contributed by atoms with Crippen molar-refractivity contribution in [2.75, 3.05) is 0 Å². The van der Waals surface area contributed by atoms with Gasteiger partial charge in [-0.05, 0) is 122 Å². The van der Waals surface area contributed by atoms with Crippen molar-refractivity contribution in [2.45, 2.75) is 20.3 Å². The fourth-order valence-corrected chi connectivity index (χ4v) is 6.88. The zero-order valence-corrected chi connectivity index (χ0v) is 26.2. The number of allylic oxidation sites excluding steroid dienone is 1. The monoisotopic (exact) mass is 590 g/mol. The van der Waals surface area contributed by atoms with Crippen LogP contribution in [0.1, 0.15) is 35.9 Å². The van der Waals surface area contributed by atoms with Crippen molar-refractivity contribution in [2.24, 2.45) is 0 Å². The molecular formula is C44H34N2. The van der Waals surface area contributed by atoms with Crippen LogP contribution < -0.4 is 0 Å². The third-order valence-electron chi connectivity index (χ3n) is 9.29. The van der Waals surface area contributed by atoms with Crippen LogP contribution in [0.25, 0.3) is 89.3 Å². The first-order chi connectivity index (χ1) is 22.6. The zero-order chi connectivity index (χ0) is 31.4. The van der Waals surface area contributed by atoms with Gasteiger partial charge in [-0.25, -0.2) is 4.98 Å². The number of pyridine rings is 1. The van der Waals surface area contributed by atoms with Crippen LogP contribution in [-0.4, -0.2) is 9.38 Å². The van der Waals surface area contributed by atoms with Crippen molar-refractivity contribution in [3.8, 4) is 22.3 Å². The second-order valence-electron chi connectivity index (χ2n) is 12.1. The SMILES string of the molecule is C=Cc1nc2c3ccc(-c4ccc5cc(-c6ccc(/C=C\CC)c(C)c6)ccc5c4)cc3c3cc4ccccc4cc3n2c1C=C. The Morgan fingerprint density at radius 3 is 1.93 bits per heavy atom. The Hall–Kier alpha value is -5.73. The molecule has 8 rings (SSSR count). The van der Waals surface area contributed by atoms with Crippen molar-refractivity contribution >= 4 is 67.1 Å². The number of nitrogens with zero attached hydrogens (tertiary/aromatic N) is 2. The summed E-state index contributed by atoms with van der Waals surface area (Å²) in [7, 11) is 0. The van der Waals surface area contributed by atoms with Crippen LogP contribution in [0.5, 0.6) is 0 Å². The quantitative estimate of drug-likeness (QED) is 0.139. The van der Waals surface area contributed by atoms with Gasteiger partial charge in [-0.2, -0.15) is 0 Å². The molecule has 0 bridgehead atoms. The van der Waals surface area contributed by atoms with Gasteiger partial charge in [0.1, 0.15) is 5.65 Å². The lowest BCUT2D eigenvalue weighted by Crippen LogP contribution is -1.94. The summed E-state index contributed by atoms with van der Waals surface area (Å²) in [6, 6.07) is 40.2. The molecule has 220 valence electrons. The Morgan fingerprint density at radius 1 is 0.630 bits per heavy atom. The lowest BCUT2D eigenvalue weighted by Gasteiger charge is -2.13. The molecule has 0 atom stereocenters. The maximum absolute atomic E-state index is 5.03. The molecule has 2 nitrogen and oxygen atoms in total. The predicted octanol–water partition coefficient (Wildman–Crippen LogP) is 12.3. The third-order valence-corrected chi connectivity index (χ3v) is 9.29. The first kappa shape index (κ1) is 27.8. The summed E-state index contributed by atoms with van der Waals surface area (Å²) in [5, 5.41) is 8.37. The summed E-state index contributed by atoms with van der Waals surface area (Å²) in [4.78, 5) is 5.03. The van der Waals surface area contributed by atoms with Gasteiger partial charge in [0, 0.05) is 10.8 Å². The van der Waals surface area contributed by atoms with E-state index < -0.39 is 0 Å². The van der Waals surface area contributed by atoms with Crippen LogP contribution in [0.15, 0.2) is 128 Å². The fraction of sp³-hybridized carbons (Fsp3) is 0.0682. The largest absolute Gasteiger partial charge is 0.292 e. The smallest absolute Gasteiger partial charge is 0.146 e. The fourth-order valence-electron chi connectivity index (χ4n) is 6.88. The Labute approximate surface area is 269 Å². The second kappa shape index (κ2) is 11.0. The number of rotatable bonds is 6. The van der Waals surface area contributed by atoms with E-state index in [0.717, 1.165) is 34.4 Å². The molecule has 0 amide bonds. The highest BCUT2D eigenvalue weighted by Crippen LogP contribution is 2.37. The van der Waals surface area contributed by atoms with Crippen LogP contribution >= 0.6 is 0 Å². The van der Waals surface area contributed by atoms with Gasteiger partial charge in [-0.3, -0.25) is 4.40 Å². The Balaban J connectivity index is 1.27. The van der Waals surface area contributed by atoms with Crippen molar-refractivity contribution in [3.63, 3.8) is 0 Å². The van der Waals surface area contributed by atoms with Crippen LogP contribution in [-0.2, 0) is 0 Å². The van der Waals surface area contributed by atoms with Crippen molar-refractivity contribution in [3.05, 3.63) is 151 Å². The third kappa shape index (κ3) is 4.45. The molecule has 2 heteroatoms. The van der Waals surface area contributed by atoms with Gasteiger partial charge < -0.3 is 0 Å². The van der Waals surface area contributed by atoms with Crippen molar-refractivity contribution in [1.82, 2.24) is 9.38 Å². The van der Waals surface area contributed by atoms with E-state index in [0.29, 0.717) is 0 Å². The van der Waals surface area contributed by atoms with E-state index in [2.05, 4.69) is 153 Å². The number of aryl methyl sites for hydroxylation is 1. The molecule has 0 radical (unpaired) electrons. The van der Waals surface area contributed by atoms with Crippen LogP contribution in [0.3, 0.4) is 0 Å². The van der Waals surface area contributed by atoms with E-state index in [-0.39, 0.29) is 0 Å². The zero-order valence-electron chi connectivity index (χ0n) is 26.2. The number of imidazole rings is 1. The van der Waals surface area contributed by atoms with E-state index in [1.54, 1.807) is 0 Å². The summed E-state index contributed by atoms with van der Waals surface area (Å²) in [5.41, 5.74) is 11.3. The number of fused-ring (bicyclic) bond motifs is 8. The molecule has 0 spiro atoms. The van der Waals surface area contributed by atoms with Gasteiger partial charge in [-0.15, -0.1) is 0 Å². The minimum atomic E-state index is 0.842. The van der Waals surface area contributed by atoms with Gasteiger partial charge in [-0.1, -0.05) is 105 Å². The molecule has 0 unspecified atom stereocenters. The molecule has 2 aromatic heterocycles. The molecule has 0 aliphatic heterocycles. The van der Waals surface area contributed by atoms with Gasteiger partial charge >= 0.3 is 0 Å². The standard InChI is InChI=1S/C44H34N2/c1-5-8-11-29-14-15-32(22-28(29)4)33-16-17-35-24-36(19-18-34(35)23-33)37-20-21-38-39(25-37)40-26-30-12-9-10-13-31(30)27-43(40)46-42(7-3)41(6-2)45-44(38)46/h6-27H,2-3,5H2,1,4H3/b11-8-. The summed E-state index contributed by atoms with van der Waals surface area (Å²) >= 11 is 0. The normalized spacial score (nSPS) is 11.9. The van der Waals surface area contributed by atoms with E-state index >= 15 is 0 Å². The van der Waals surface area contributed by atoms with Gasteiger partial charge in [0.2, 0.25) is 0 Å². The highest BCUT2D eigenvalue weighted by molar-refractivity contribution is 6.16. The summed E-state index contributed by atoms with van der Waals surface area (Å²) in [6.45, 7) is 12.5. The van der Waals surface area contributed by atoms with Crippen molar-refractivity contribution in [1.29, 1.82) is 0 Å². The van der Waals surface area contributed by atoms with E-state index in [9.17, 15) is 0 Å². The summed E-state index contributed by atoms with van der Waals surface area (Å²) in [5.74, 6) is 0. The average Bonchev–Trinajstić information content (AvgIpc) is 3.49. The van der Waals surface area contributed by atoms with E-state index in [4.69, 9.17) is 4.98 Å². The van der Waals surface area contributed by atoms with Crippen molar-refractivity contribution < 1.29 is 0 Å². The first-order valence-corrected chi connectivity index (χ1v) is 15.9. The number of aromatic nitrogens is 2. The Kier molecular flexibility index (Phi) is 6.65. The molecule has 6 aromatic carbocycles. The predicted molar refractivity (Wildman–Crippen MR) is 200 cm³/mol. The average molecular weight is 591 g/mol. The molecule has 0 aliphatic carbocycles. The summed E-state index contributed by atoms with van der Waals surface area (Å²) in [6.07, 6.45) is 9.17. The molecule has 2 heterocycles. The number of hydrogen-bond donors (Lipinski definition) is 0. The van der Waals surface area contributed by atoms with Gasteiger partial charge in [0.25, 0.3) is 0 Å². The topological polar surface area (TPSA) is 17.3 Å². The van der Waals surface area contributed by atoms with Crippen LogP contribution in [0.2, 0.25) is 0 Å². The summed E-state index contributed by atoms with van der Waals surface area (Å²) < 4.78 is 2.23. The molecule has 0 fully saturated rings.